The van der Waals surface area contributed by atoms with E-state index in [1.54, 1.807) is 25.2 Å². The summed E-state index contributed by atoms with van der Waals surface area (Å²) in [5.41, 5.74) is 1.29. The lowest BCUT2D eigenvalue weighted by atomic mass is 9.90. The molecular formula is C10H9NO2. The molecular weight excluding hydrogens is 166 g/mol. The van der Waals surface area contributed by atoms with Gasteiger partial charge in [0, 0.05) is 11.3 Å². The van der Waals surface area contributed by atoms with Crippen LogP contribution in [0.5, 0.6) is 0 Å². The van der Waals surface area contributed by atoms with Crippen LogP contribution in [0.4, 0.5) is 0 Å². The molecule has 1 aliphatic heterocycles. The fourth-order valence-electron chi connectivity index (χ4n) is 1.45. The van der Waals surface area contributed by atoms with Gasteiger partial charge in [-0.05, 0) is 19.1 Å². The van der Waals surface area contributed by atoms with Gasteiger partial charge in [0.25, 0.3) is 5.91 Å². The molecule has 3 heteroatoms. The molecule has 1 heterocycles. The third-order valence-electron chi connectivity index (χ3n) is 2.21. The molecule has 0 fully saturated rings. The average Bonchev–Trinajstić information content (AvgIpc) is 2.09. The van der Waals surface area contributed by atoms with E-state index in [1.165, 1.54) is 6.08 Å². The van der Waals surface area contributed by atoms with Gasteiger partial charge in [0.2, 0.25) is 0 Å². The van der Waals surface area contributed by atoms with Crippen LogP contribution in [0.1, 0.15) is 6.92 Å². The fourth-order valence-corrected chi connectivity index (χ4v) is 1.45. The van der Waals surface area contributed by atoms with E-state index in [2.05, 4.69) is 5.32 Å². The molecule has 2 aliphatic rings. The van der Waals surface area contributed by atoms with Gasteiger partial charge >= 0.3 is 0 Å². The van der Waals surface area contributed by atoms with Crippen molar-refractivity contribution in [1.82, 2.24) is 5.32 Å². The molecule has 3 nitrogen and oxygen atoms in total. The second kappa shape index (κ2) is 2.69. The maximum absolute atomic E-state index is 11.4. The van der Waals surface area contributed by atoms with Gasteiger partial charge in [-0.1, -0.05) is 12.2 Å². The predicted octanol–water partition coefficient (Wildman–Crippen LogP) is 0.702. The molecule has 0 radical (unpaired) electrons. The monoisotopic (exact) mass is 175 g/mol. The van der Waals surface area contributed by atoms with E-state index in [9.17, 15) is 9.59 Å². The van der Waals surface area contributed by atoms with Crippen molar-refractivity contribution in [2.24, 2.45) is 5.92 Å². The summed E-state index contributed by atoms with van der Waals surface area (Å²) in [5.74, 6) is -0.370. The zero-order valence-electron chi connectivity index (χ0n) is 7.20. The van der Waals surface area contributed by atoms with E-state index in [0.717, 1.165) is 0 Å². The Morgan fingerprint density at radius 1 is 1.38 bits per heavy atom. The summed E-state index contributed by atoms with van der Waals surface area (Å²) in [6.45, 7) is 1.71. The van der Waals surface area contributed by atoms with E-state index < -0.39 is 0 Å². The molecule has 2 rings (SSSR count). The Kier molecular flexibility index (Phi) is 1.65. The minimum atomic E-state index is -0.275. The minimum Gasteiger partial charge on any atom is -0.325 e. The molecule has 1 unspecified atom stereocenters. The molecule has 1 atom stereocenters. The van der Waals surface area contributed by atoms with Crippen molar-refractivity contribution < 1.29 is 9.59 Å². The Bertz CT molecular complexity index is 374. The highest BCUT2D eigenvalue weighted by Gasteiger charge is 2.27. The lowest BCUT2D eigenvalue weighted by molar-refractivity contribution is -0.118. The van der Waals surface area contributed by atoms with E-state index >= 15 is 0 Å². The number of hydrogen-bond acceptors (Lipinski definition) is 2. The minimum absolute atomic E-state index is 0.0249. The summed E-state index contributed by atoms with van der Waals surface area (Å²) in [4.78, 5) is 22.6. The topological polar surface area (TPSA) is 46.2 Å². The van der Waals surface area contributed by atoms with Crippen molar-refractivity contribution in [2.45, 2.75) is 6.92 Å². The predicted molar refractivity (Wildman–Crippen MR) is 47.6 cm³/mol. The first-order valence-electron chi connectivity index (χ1n) is 4.10. The van der Waals surface area contributed by atoms with Crippen LogP contribution in [0.25, 0.3) is 0 Å². The number of rotatable bonds is 0. The molecule has 13 heavy (non-hydrogen) atoms. The van der Waals surface area contributed by atoms with Crippen molar-refractivity contribution in [3.8, 4) is 0 Å². The highest BCUT2D eigenvalue weighted by atomic mass is 16.2. The third-order valence-corrected chi connectivity index (χ3v) is 2.21. The fraction of sp³-hybridized carbons (Fsp3) is 0.200. The molecule has 0 aromatic heterocycles. The lowest BCUT2D eigenvalue weighted by Crippen LogP contribution is -2.35. The Labute approximate surface area is 75.8 Å². The number of ketones is 1. The van der Waals surface area contributed by atoms with Gasteiger partial charge in [-0.3, -0.25) is 9.59 Å². The van der Waals surface area contributed by atoms with Crippen LogP contribution in [0.15, 0.2) is 35.6 Å². The molecule has 0 saturated carbocycles. The number of nitrogens with one attached hydrogen (secondary N) is 1. The first kappa shape index (κ1) is 7.98. The van der Waals surface area contributed by atoms with Crippen molar-refractivity contribution in [3.63, 3.8) is 0 Å². The molecule has 0 aromatic carbocycles. The Morgan fingerprint density at radius 2 is 2.15 bits per heavy atom. The van der Waals surface area contributed by atoms with Crippen molar-refractivity contribution >= 4 is 11.7 Å². The number of hydrogen-bond donors (Lipinski definition) is 1. The van der Waals surface area contributed by atoms with Crippen LogP contribution in [-0.4, -0.2) is 11.7 Å². The molecule has 0 bridgehead atoms. The van der Waals surface area contributed by atoms with Crippen molar-refractivity contribution in [2.75, 3.05) is 0 Å². The third kappa shape index (κ3) is 1.22. The SMILES string of the molecule is CC1=CC2C(=O)C=CC=C2NC1=O. The van der Waals surface area contributed by atoms with Crippen LogP contribution < -0.4 is 5.32 Å². The van der Waals surface area contributed by atoms with E-state index in [0.29, 0.717) is 11.3 Å². The van der Waals surface area contributed by atoms with Gasteiger partial charge in [0.15, 0.2) is 5.78 Å². The van der Waals surface area contributed by atoms with Gasteiger partial charge in [-0.2, -0.15) is 0 Å². The first-order chi connectivity index (χ1) is 6.18. The lowest BCUT2D eigenvalue weighted by Gasteiger charge is -2.23. The van der Waals surface area contributed by atoms with Crippen LogP contribution in [0.3, 0.4) is 0 Å². The molecule has 1 amide bonds. The van der Waals surface area contributed by atoms with E-state index in [-0.39, 0.29) is 17.6 Å². The highest BCUT2D eigenvalue weighted by molar-refractivity contribution is 6.03. The smallest absolute Gasteiger partial charge is 0.250 e. The maximum Gasteiger partial charge on any atom is 0.250 e. The standard InChI is InChI=1S/C10H9NO2/c1-6-5-7-8(11-10(6)13)3-2-4-9(7)12/h2-5,7H,1H3,(H,11,13). The summed E-state index contributed by atoms with van der Waals surface area (Å²) in [7, 11) is 0. The van der Waals surface area contributed by atoms with Gasteiger partial charge in [-0.15, -0.1) is 0 Å². The van der Waals surface area contributed by atoms with Gasteiger partial charge in [0.1, 0.15) is 0 Å². The summed E-state index contributed by atoms with van der Waals surface area (Å²) in [5, 5.41) is 2.68. The number of carbonyl (C=O) groups is 2. The van der Waals surface area contributed by atoms with Gasteiger partial charge in [0.05, 0.1) is 5.92 Å². The number of allylic oxidation sites excluding steroid dienone is 4. The summed E-state index contributed by atoms with van der Waals surface area (Å²) >= 11 is 0. The average molecular weight is 175 g/mol. The summed E-state index contributed by atoms with van der Waals surface area (Å²) in [6.07, 6.45) is 6.64. The van der Waals surface area contributed by atoms with Crippen LogP contribution in [0.2, 0.25) is 0 Å². The number of amides is 1. The Balaban J connectivity index is 2.44. The number of carbonyl (C=O) groups excluding carboxylic acids is 2. The highest BCUT2D eigenvalue weighted by Crippen LogP contribution is 2.22. The summed E-state index contributed by atoms with van der Waals surface area (Å²) < 4.78 is 0. The van der Waals surface area contributed by atoms with Gasteiger partial charge in [-0.25, -0.2) is 0 Å². The molecule has 66 valence electrons. The van der Waals surface area contributed by atoms with Crippen LogP contribution in [-0.2, 0) is 9.59 Å². The first-order valence-corrected chi connectivity index (χ1v) is 4.10. The number of fused-ring (bicyclic) bond motifs is 1. The Hall–Kier alpha value is -1.64. The molecule has 1 aliphatic carbocycles. The van der Waals surface area contributed by atoms with Crippen LogP contribution >= 0.6 is 0 Å². The largest absolute Gasteiger partial charge is 0.325 e. The Morgan fingerprint density at radius 3 is 2.92 bits per heavy atom. The summed E-state index contributed by atoms with van der Waals surface area (Å²) in [6, 6.07) is 0. The molecule has 0 spiro atoms. The van der Waals surface area contributed by atoms with E-state index in [1.807, 2.05) is 0 Å². The molecule has 1 N–H and O–H groups in total. The zero-order valence-corrected chi connectivity index (χ0v) is 7.20. The van der Waals surface area contributed by atoms with Crippen LogP contribution in [0, 0.1) is 5.92 Å². The van der Waals surface area contributed by atoms with E-state index in [4.69, 9.17) is 0 Å². The second-order valence-corrected chi connectivity index (χ2v) is 3.16. The van der Waals surface area contributed by atoms with Gasteiger partial charge < -0.3 is 5.32 Å². The van der Waals surface area contributed by atoms with Crippen molar-refractivity contribution in [3.05, 3.63) is 35.6 Å². The normalized spacial score (nSPS) is 26.1. The second-order valence-electron chi connectivity index (χ2n) is 3.16. The maximum atomic E-state index is 11.4. The molecule has 0 saturated heterocycles. The zero-order chi connectivity index (χ0) is 9.42. The van der Waals surface area contributed by atoms with Crippen molar-refractivity contribution in [1.29, 1.82) is 0 Å². The molecule has 0 aromatic rings. The quantitative estimate of drug-likeness (QED) is 0.589.